The largest absolute Gasteiger partial charge is 0.347 e. The molecule has 0 saturated heterocycles. The van der Waals surface area contributed by atoms with Crippen LogP contribution >= 0.6 is 0 Å². The topological polar surface area (TPSA) is 27.6 Å². The molecule has 0 heterocycles. The number of anilines is 1. The molecule has 76 valence electrons. The third-order valence-corrected chi connectivity index (χ3v) is 1.77. The fraction of sp³-hybridized carbons (Fsp3) is 0.364. The molecule has 0 spiro atoms. The van der Waals surface area contributed by atoms with Crippen molar-refractivity contribution in [3.63, 3.8) is 0 Å². The third kappa shape index (κ3) is 4.62. The zero-order chi connectivity index (χ0) is 10.2. The summed E-state index contributed by atoms with van der Waals surface area (Å²) in [4.78, 5) is 6.34. The Morgan fingerprint density at radius 3 is 2.64 bits per heavy atom. The molecule has 0 amide bonds. The van der Waals surface area contributed by atoms with Gasteiger partial charge < -0.3 is 10.2 Å². The van der Waals surface area contributed by atoms with Crippen LogP contribution < -0.4 is 5.32 Å². The van der Waals surface area contributed by atoms with E-state index in [1.54, 1.807) is 6.34 Å². The molecule has 14 heavy (non-hydrogen) atoms. The molecule has 0 aromatic heterocycles. The van der Waals surface area contributed by atoms with Crippen molar-refractivity contribution in [2.75, 3.05) is 32.5 Å². The van der Waals surface area contributed by atoms with Crippen LogP contribution in [0.1, 0.15) is 0 Å². The van der Waals surface area contributed by atoms with Gasteiger partial charge in [0.2, 0.25) is 0 Å². The zero-order valence-electron chi connectivity index (χ0n) is 8.77. The van der Waals surface area contributed by atoms with Crippen molar-refractivity contribution >= 4 is 12.0 Å². The van der Waals surface area contributed by atoms with E-state index in [2.05, 4.69) is 15.2 Å². The predicted octanol–water partition coefficient (Wildman–Crippen LogP) is 1.69. The Labute approximate surface area is 85.5 Å². The first kappa shape index (κ1) is 10.7. The minimum absolute atomic E-state index is 0.826. The highest BCUT2D eigenvalue weighted by atomic mass is 15.1. The third-order valence-electron chi connectivity index (χ3n) is 1.77. The van der Waals surface area contributed by atoms with Crippen molar-refractivity contribution in [3.05, 3.63) is 30.3 Å². The van der Waals surface area contributed by atoms with Crippen molar-refractivity contribution in [3.8, 4) is 0 Å². The van der Waals surface area contributed by atoms with Crippen molar-refractivity contribution < 1.29 is 0 Å². The maximum Gasteiger partial charge on any atom is 0.0868 e. The lowest BCUT2D eigenvalue weighted by Gasteiger charge is -2.05. The Balaban J connectivity index is 2.21. The second kappa shape index (κ2) is 6.16. The summed E-state index contributed by atoms with van der Waals surface area (Å²) in [6.45, 7) is 1.81. The van der Waals surface area contributed by atoms with E-state index in [0.717, 1.165) is 18.8 Å². The Bertz CT molecular complexity index is 267. The number of rotatable bonds is 5. The van der Waals surface area contributed by atoms with Crippen LogP contribution in [0.15, 0.2) is 35.3 Å². The maximum absolute atomic E-state index is 4.23. The van der Waals surface area contributed by atoms with Gasteiger partial charge in [0.25, 0.3) is 0 Å². The minimum Gasteiger partial charge on any atom is -0.347 e. The predicted molar refractivity (Wildman–Crippen MR) is 62.0 cm³/mol. The molecule has 0 unspecified atom stereocenters. The van der Waals surface area contributed by atoms with Crippen molar-refractivity contribution in [1.29, 1.82) is 0 Å². The number of nitrogens with zero attached hydrogens (tertiary/aromatic N) is 2. The summed E-state index contributed by atoms with van der Waals surface area (Å²) < 4.78 is 0. The van der Waals surface area contributed by atoms with Gasteiger partial charge in [-0.15, -0.1) is 0 Å². The smallest absolute Gasteiger partial charge is 0.0868 e. The standard InChI is InChI=1S/C11H17N3/c1-14(2)9-8-12-10-13-11-6-4-3-5-7-11/h3-7,10H,8-9H2,1-2H3,(H,12,13). The Morgan fingerprint density at radius 1 is 1.29 bits per heavy atom. The number of likely N-dealkylation sites (N-methyl/N-ethyl adjacent to an activating group) is 1. The Hall–Kier alpha value is -1.35. The molecule has 1 aromatic carbocycles. The number of nitrogens with one attached hydrogen (secondary N) is 1. The van der Waals surface area contributed by atoms with Crippen LogP contribution in [-0.2, 0) is 0 Å². The highest BCUT2D eigenvalue weighted by Crippen LogP contribution is 2.02. The lowest BCUT2D eigenvalue weighted by atomic mass is 10.3. The molecule has 0 aliphatic heterocycles. The van der Waals surface area contributed by atoms with Gasteiger partial charge in [-0.25, -0.2) is 0 Å². The summed E-state index contributed by atoms with van der Waals surface area (Å²) >= 11 is 0. The maximum atomic E-state index is 4.23. The quantitative estimate of drug-likeness (QED) is 0.566. The SMILES string of the molecule is CN(C)CC/N=C/Nc1ccccc1. The van der Waals surface area contributed by atoms with E-state index in [4.69, 9.17) is 0 Å². The van der Waals surface area contributed by atoms with Gasteiger partial charge in [-0.05, 0) is 26.2 Å². The van der Waals surface area contributed by atoms with Gasteiger partial charge in [0.15, 0.2) is 0 Å². The molecule has 3 nitrogen and oxygen atoms in total. The molecule has 1 N–H and O–H groups in total. The molecule has 0 fully saturated rings. The van der Waals surface area contributed by atoms with E-state index in [0.29, 0.717) is 0 Å². The molecule has 0 atom stereocenters. The highest BCUT2D eigenvalue weighted by Gasteiger charge is 1.86. The van der Waals surface area contributed by atoms with Crippen LogP contribution in [0.25, 0.3) is 0 Å². The summed E-state index contributed by atoms with van der Waals surface area (Å²) in [6.07, 6.45) is 1.75. The monoisotopic (exact) mass is 191 g/mol. The van der Waals surface area contributed by atoms with Crippen LogP contribution in [0.5, 0.6) is 0 Å². The molecular formula is C11H17N3. The van der Waals surface area contributed by atoms with E-state index in [1.165, 1.54) is 0 Å². The van der Waals surface area contributed by atoms with Crippen molar-refractivity contribution in [1.82, 2.24) is 4.90 Å². The van der Waals surface area contributed by atoms with Gasteiger partial charge in [0.05, 0.1) is 12.9 Å². The van der Waals surface area contributed by atoms with Crippen molar-refractivity contribution in [2.45, 2.75) is 0 Å². The summed E-state index contributed by atoms with van der Waals surface area (Å²) in [6, 6.07) is 10.0. The molecule has 0 aliphatic carbocycles. The van der Waals surface area contributed by atoms with Crippen LogP contribution in [0.4, 0.5) is 5.69 Å². The van der Waals surface area contributed by atoms with Gasteiger partial charge in [0.1, 0.15) is 0 Å². The minimum atomic E-state index is 0.826. The van der Waals surface area contributed by atoms with Gasteiger partial charge in [-0.2, -0.15) is 0 Å². The molecule has 3 heteroatoms. The molecule has 1 rings (SSSR count). The number of hydrogen-bond donors (Lipinski definition) is 1. The molecule has 0 bridgehead atoms. The average Bonchev–Trinajstić information content (AvgIpc) is 2.18. The number of aliphatic imine (C=N–C) groups is 1. The first-order valence-corrected chi connectivity index (χ1v) is 4.73. The van der Waals surface area contributed by atoms with Crippen molar-refractivity contribution in [2.24, 2.45) is 4.99 Å². The lowest BCUT2D eigenvalue weighted by Crippen LogP contribution is -2.15. The van der Waals surface area contributed by atoms with E-state index in [1.807, 2.05) is 44.4 Å². The summed E-state index contributed by atoms with van der Waals surface area (Å²) in [5.74, 6) is 0. The Morgan fingerprint density at radius 2 is 2.00 bits per heavy atom. The zero-order valence-corrected chi connectivity index (χ0v) is 8.77. The molecule has 0 aliphatic rings. The second-order valence-electron chi connectivity index (χ2n) is 3.35. The van der Waals surface area contributed by atoms with E-state index < -0.39 is 0 Å². The number of benzene rings is 1. The lowest BCUT2D eigenvalue weighted by molar-refractivity contribution is 0.421. The van der Waals surface area contributed by atoms with Gasteiger partial charge in [-0.3, -0.25) is 4.99 Å². The van der Waals surface area contributed by atoms with E-state index in [-0.39, 0.29) is 0 Å². The summed E-state index contributed by atoms with van der Waals surface area (Å²) in [7, 11) is 4.08. The first-order chi connectivity index (χ1) is 6.79. The van der Waals surface area contributed by atoms with E-state index in [9.17, 15) is 0 Å². The summed E-state index contributed by atoms with van der Waals surface area (Å²) in [5.41, 5.74) is 1.07. The van der Waals surface area contributed by atoms with Gasteiger partial charge in [-0.1, -0.05) is 18.2 Å². The highest BCUT2D eigenvalue weighted by molar-refractivity contribution is 5.75. The van der Waals surface area contributed by atoms with Crippen LogP contribution in [-0.4, -0.2) is 38.4 Å². The molecule has 1 aromatic rings. The second-order valence-corrected chi connectivity index (χ2v) is 3.35. The van der Waals surface area contributed by atoms with Crippen LogP contribution in [0.3, 0.4) is 0 Å². The normalized spacial score (nSPS) is 11.1. The van der Waals surface area contributed by atoms with Crippen LogP contribution in [0.2, 0.25) is 0 Å². The number of para-hydroxylation sites is 1. The molecule has 0 saturated carbocycles. The van der Waals surface area contributed by atoms with E-state index >= 15 is 0 Å². The summed E-state index contributed by atoms with van der Waals surface area (Å²) in [5, 5.41) is 3.11. The number of hydrogen-bond acceptors (Lipinski definition) is 2. The first-order valence-electron chi connectivity index (χ1n) is 4.73. The van der Waals surface area contributed by atoms with Gasteiger partial charge >= 0.3 is 0 Å². The fourth-order valence-electron chi connectivity index (χ4n) is 0.977. The van der Waals surface area contributed by atoms with Crippen LogP contribution in [0, 0.1) is 0 Å². The molecule has 0 radical (unpaired) electrons. The molecular weight excluding hydrogens is 174 g/mol. The fourth-order valence-corrected chi connectivity index (χ4v) is 0.977. The van der Waals surface area contributed by atoms with Gasteiger partial charge in [0, 0.05) is 12.2 Å². The average molecular weight is 191 g/mol. The Kier molecular flexibility index (Phi) is 4.72.